The van der Waals surface area contributed by atoms with Crippen LogP contribution in [0.5, 0.6) is 0 Å². The van der Waals surface area contributed by atoms with Crippen LogP contribution in [0.3, 0.4) is 0 Å². The topological polar surface area (TPSA) is 12.0 Å². The molecule has 2 aromatic rings. The van der Waals surface area contributed by atoms with Crippen LogP contribution in [0, 0.1) is 0 Å². The zero-order valence-electron chi connectivity index (χ0n) is 10.5. The molecule has 0 aromatic heterocycles. The van der Waals surface area contributed by atoms with Crippen molar-refractivity contribution in [3.05, 3.63) is 36.4 Å². The molecular formula is C15H19NS. The molecule has 2 rings (SSSR count). The van der Waals surface area contributed by atoms with E-state index in [9.17, 15) is 0 Å². The molecular weight excluding hydrogens is 226 g/mol. The highest BCUT2D eigenvalue weighted by Crippen LogP contribution is 2.34. The Morgan fingerprint density at radius 1 is 1.06 bits per heavy atom. The molecule has 90 valence electrons. The molecule has 2 aromatic carbocycles. The van der Waals surface area contributed by atoms with Crippen molar-refractivity contribution >= 4 is 28.2 Å². The standard InChI is InChI=1S/C15H19NS/c1-3-11-16-15-13-8-6-5-7-12(13)9-10-14(15)17-4-2/h5-10,16H,3-4,11H2,1-2H3. The lowest BCUT2D eigenvalue weighted by Gasteiger charge is -2.14. The van der Waals surface area contributed by atoms with Gasteiger partial charge in [0.25, 0.3) is 0 Å². The second kappa shape index (κ2) is 5.97. The van der Waals surface area contributed by atoms with Crippen LogP contribution in [0.4, 0.5) is 5.69 Å². The molecule has 1 N–H and O–H groups in total. The molecule has 0 aliphatic carbocycles. The highest BCUT2D eigenvalue weighted by molar-refractivity contribution is 7.99. The van der Waals surface area contributed by atoms with Gasteiger partial charge in [0.2, 0.25) is 0 Å². The first-order chi connectivity index (χ1) is 8.36. The van der Waals surface area contributed by atoms with Gasteiger partial charge in [-0.3, -0.25) is 0 Å². The minimum atomic E-state index is 1.03. The van der Waals surface area contributed by atoms with Crippen LogP contribution >= 0.6 is 11.8 Å². The molecule has 0 saturated heterocycles. The third kappa shape index (κ3) is 2.75. The Bertz CT molecular complexity index is 493. The van der Waals surface area contributed by atoms with Crippen molar-refractivity contribution in [2.24, 2.45) is 0 Å². The average Bonchev–Trinajstić information content (AvgIpc) is 2.37. The number of fused-ring (bicyclic) bond motifs is 1. The maximum atomic E-state index is 3.57. The molecule has 0 heterocycles. The minimum absolute atomic E-state index is 1.03. The van der Waals surface area contributed by atoms with Gasteiger partial charge in [-0.1, -0.05) is 44.2 Å². The molecule has 0 aliphatic rings. The summed E-state index contributed by atoms with van der Waals surface area (Å²) in [4.78, 5) is 1.36. The zero-order chi connectivity index (χ0) is 12.1. The first kappa shape index (κ1) is 12.3. The Morgan fingerprint density at radius 2 is 1.88 bits per heavy atom. The van der Waals surface area contributed by atoms with Gasteiger partial charge in [-0.2, -0.15) is 0 Å². The van der Waals surface area contributed by atoms with Crippen LogP contribution in [-0.4, -0.2) is 12.3 Å². The molecule has 0 atom stereocenters. The van der Waals surface area contributed by atoms with Gasteiger partial charge in [0.05, 0.1) is 5.69 Å². The predicted molar refractivity (Wildman–Crippen MR) is 79.1 cm³/mol. The minimum Gasteiger partial charge on any atom is -0.384 e. The highest BCUT2D eigenvalue weighted by atomic mass is 32.2. The van der Waals surface area contributed by atoms with E-state index < -0.39 is 0 Å². The van der Waals surface area contributed by atoms with E-state index in [2.05, 4.69) is 55.6 Å². The maximum Gasteiger partial charge on any atom is 0.0558 e. The number of nitrogens with one attached hydrogen (secondary N) is 1. The first-order valence-corrected chi connectivity index (χ1v) is 7.23. The molecule has 0 aliphatic heterocycles. The van der Waals surface area contributed by atoms with Crippen molar-refractivity contribution in [2.45, 2.75) is 25.2 Å². The van der Waals surface area contributed by atoms with Crippen molar-refractivity contribution in [3.63, 3.8) is 0 Å². The fourth-order valence-corrected chi connectivity index (χ4v) is 2.76. The maximum absolute atomic E-state index is 3.57. The molecule has 0 amide bonds. The molecule has 17 heavy (non-hydrogen) atoms. The van der Waals surface area contributed by atoms with E-state index in [0.29, 0.717) is 0 Å². The van der Waals surface area contributed by atoms with E-state index in [1.165, 1.54) is 21.4 Å². The smallest absolute Gasteiger partial charge is 0.0558 e. The van der Waals surface area contributed by atoms with Gasteiger partial charge >= 0.3 is 0 Å². The first-order valence-electron chi connectivity index (χ1n) is 6.25. The van der Waals surface area contributed by atoms with Gasteiger partial charge in [-0.25, -0.2) is 0 Å². The van der Waals surface area contributed by atoms with E-state index in [0.717, 1.165) is 18.7 Å². The summed E-state index contributed by atoms with van der Waals surface area (Å²) in [6.07, 6.45) is 1.15. The quantitative estimate of drug-likeness (QED) is 0.761. The molecule has 0 bridgehead atoms. The summed E-state index contributed by atoms with van der Waals surface area (Å²) >= 11 is 1.90. The van der Waals surface area contributed by atoms with E-state index >= 15 is 0 Å². The summed E-state index contributed by atoms with van der Waals surface area (Å²) in [6.45, 7) is 5.43. The Morgan fingerprint density at radius 3 is 2.65 bits per heavy atom. The van der Waals surface area contributed by atoms with Crippen LogP contribution in [0.25, 0.3) is 10.8 Å². The normalized spacial score (nSPS) is 10.7. The molecule has 1 nitrogen and oxygen atoms in total. The summed E-state index contributed by atoms with van der Waals surface area (Å²) in [5, 5.41) is 6.21. The molecule has 0 fully saturated rings. The second-order valence-corrected chi connectivity index (χ2v) is 5.33. The Hall–Kier alpha value is -1.15. The molecule has 0 spiro atoms. The lowest BCUT2D eigenvalue weighted by atomic mass is 10.1. The Kier molecular flexibility index (Phi) is 4.32. The van der Waals surface area contributed by atoms with Gasteiger partial charge in [0.15, 0.2) is 0 Å². The predicted octanol–water partition coefficient (Wildman–Crippen LogP) is 4.77. The van der Waals surface area contributed by atoms with Gasteiger partial charge in [-0.05, 0) is 23.6 Å². The zero-order valence-corrected chi connectivity index (χ0v) is 11.3. The molecule has 0 radical (unpaired) electrons. The van der Waals surface area contributed by atoms with Crippen molar-refractivity contribution in [2.75, 3.05) is 17.6 Å². The number of anilines is 1. The van der Waals surface area contributed by atoms with Crippen molar-refractivity contribution < 1.29 is 0 Å². The lowest BCUT2D eigenvalue weighted by molar-refractivity contribution is 0.977. The van der Waals surface area contributed by atoms with Crippen LogP contribution in [0.15, 0.2) is 41.3 Å². The van der Waals surface area contributed by atoms with E-state index in [1.807, 2.05) is 11.8 Å². The Labute approximate surface area is 108 Å². The van der Waals surface area contributed by atoms with E-state index in [4.69, 9.17) is 0 Å². The van der Waals surface area contributed by atoms with Gasteiger partial charge < -0.3 is 5.32 Å². The third-order valence-electron chi connectivity index (χ3n) is 2.74. The second-order valence-electron chi connectivity index (χ2n) is 4.02. The summed E-state index contributed by atoms with van der Waals surface area (Å²) in [7, 11) is 0. The SMILES string of the molecule is CCCNc1c(SCC)ccc2ccccc12. The van der Waals surface area contributed by atoms with Crippen LogP contribution in [0.1, 0.15) is 20.3 Å². The number of thioether (sulfide) groups is 1. The van der Waals surface area contributed by atoms with E-state index in [-0.39, 0.29) is 0 Å². The van der Waals surface area contributed by atoms with Crippen molar-refractivity contribution in [3.8, 4) is 0 Å². The fraction of sp³-hybridized carbons (Fsp3) is 0.333. The number of hydrogen-bond donors (Lipinski definition) is 1. The number of rotatable bonds is 5. The summed E-state index contributed by atoms with van der Waals surface area (Å²) in [5.74, 6) is 1.11. The van der Waals surface area contributed by atoms with Gasteiger partial charge in [0, 0.05) is 16.8 Å². The van der Waals surface area contributed by atoms with Crippen LogP contribution < -0.4 is 5.32 Å². The Balaban J connectivity index is 2.49. The molecule has 0 saturated carbocycles. The van der Waals surface area contributed by atoms with Crippen LogP contribution in [0.2, 0.25) is 0 Å². The van der Waals surface area contributed by atoms with Crippen LogP contribution in [-0.2, 0) is 0 Å². The number of hydrogen-bond acceptors (Lipinski definition) is 2. The summed E-state index contributed by atoms with van der Waals surface area (Å²) in [6, 6.07) is 13.0. The van der Waals surface area contributed by atoms with Gasteiger partial charge in [-0.15, -0.1) is 11.8 Å². The summed E-state index contributed by atoms with van der Waals surface area (Å²) in [5.41, 5.74) is 1.30. The largest absolute Gasteiger partial charge is 0.384 e. The fourth-order valence-electron chi connectivity index (χ4n) is 1.96. The monoisotopic (exact) mass is 245 g/mol. The number of benzene rings is 2. The highest BCUT2D eigenvalue weighted by Gasteiger charge is 2.06. The van der Waals surface area contributed by atoms with Crippen molar-refractivity contribution in [1.29, 1.82) is 0 Å². The van der Waals surface area contributed by atoms with Crippen molar-refractivity contribution in [1.82, 2.24) is 0 Å². The lowest BCUT2D eigenvalue weighted by Crippen LogP contribution is -2.01. The molecule has 0 unspecified atom stereocenters. The average molecular weight is 245 g/mol. The van der Waals surface area contributed by atoms with E-state index in [1.54, 1.807) is 0 Å². The molecule has 2 heteroatoms. The summed E-state index contributed by atoms with van der Waals surface area (Å²) < 4.78 is 0. The van der Waals surface area contributed by atoms with Gasteiger partial charge in [0.1, 0.15) is 0 Å². The third-order valence-corrected chi connectivity index (χ3v) is 3.68.